The van der Waals surface area contributed by atoms with Crippen molar-refractivity contribution in [2.75, 3.05) is 37.8 Å². The van der Waals surface area contributed by atoms with Gasteiger partial charge < -0.3 is 14.1 Å². The Morgan fingerprint density at radius 2 is 2.00 bits per heavy atom. The van der Waals surface area contributed by atoms with Gasteiger partial charge in [-0.05, 0) is 64.8 Å². The number of carbonyl (C=O) groups excluding carboxylic acids is 2. The second kappa shape index (κ2) is 11.1. The normalized spacial score (nSPS) is 23.2. The number of pyridine rings is 1. The highest BCUT2D eigenvalue weighted by atomic mass is 32.2. The molecule has 0 aliphatic carbocycles. The zero-order valence-electron chi connectivity index (χ0n) is 22.2. The van der Waals surface area contributed by atoms with Crippen LogP contribution in [0.3, 0.4) is 0 Å². The second-order valence-electron chi connectivity index (χ2n) is 11.2. The van der Waals surface area contributed by atoms with E-state index in [0.717, 1.165) is 43.8 Å². The molecule has 38 heavy (non-hydrogen) atoms. The van der Waals surface area contributed by atoms with Crippen LogP contribution < -0.4 is 5.76 Å². The summed E-state index contributed by atoms with van der Waals surface area (Å²) >= 11 is 1.74. The van der Waals surface area contributed by atoms with Gasteiger partial charge in [0, 0.05) is 43.2 Å². The number of likely N-dealkylation sites (tertiary alicyclic amines) is 2. The van der Waals surface area contributed by atoms with Crippen LogP contribution in [0.25, 0.3) is 0 Å². The molecule has 3 aliphatic rings. The smallest absolute Gasteiger partial charge is 0.437 e. The van der Waals surface area contributed by atoms with Crippen molar-refractivity contribution in [1.29, 1.82) is 0 Å². The number of amides is 2. The molecule has 206 valence electrons. The minimum absolute atomic E-state index is 0.0131. The van der Waals surface area contributed by atoms with Crippen LogP contribution in [0, 0.1) is 0 Å². The van der Waals surface area contributed by atoms with Crippen LogP contribution in [-0.2, 0) is 16.1 Å². The molecule has 2 atom stereocenters. The summed E-state index contributed by atoms with van der Waals surface area (Å²) in [7, 11) is 0. The number of aromatic nitrogens is 3. The fraction of sp³-hybridized carbons (Fsp3) is 0.654. The number of thioether (sulfide) groups is 1. The lowest BCUT2D eigenvalue weighted by molar-refractivity contribution is -0.134. The standard InChI is InChI=1S/C26H36N6O5S/c1-26(2,3)37-24(34)31-16-20(13-21(31)23(33)30-11-12-38-17-30)29-9-6-19(7-10-29)22-28-32(25(35)36-22)15-18-5-4-8-27-14-18/h4-5,8,14,19-21H,6-7,9-13,15-17H2,1-3H3/t20-,21-/m0/s1. The monoisotopic (exact) mass is 544 g/mol. The van der Waals surface area contributed by atoms with Gasteiger partial charge in [0.2, 0.25) is 11.8 Å². The van der Waals surface area contributed by atoms with E-state index in [2.05, 4.69) is 15.0 Å². The molecule has 0 aromatic carbocycles. The molecule has 0 bridgehead atoms. The van der Waals surface area contributed by atoms with Crippen LogP contribution in [-0.4, -0.2) is 97.0 Å². The van der Waals surface area contributed by atoms with E-state index < -0.39 is 23.5 Å². The summed E-state index contributed by atoms with van der Waals surface area (Å²) in [6.45, 7) is 8.58. The van der Waals surface area contributed by atoms with E-state index in [1.807, 2.05) is 37.8 Å². The predicted octanol–water partition coefficient (Wildman–Crippen LogP) is 2.37. The third kappa shape index (κ3) is 6.06. The lowest BCUT2D eigenvalue weighted by Gasteiger charge is -2.34. The van der Waals surface area contributed by atoms with Crippen molar-refractivity contribution in [3.05, 3.63) is 46.5 Å². The van der Waals surface area contributed by atoms with Crippen LogP contribution in [0.2, 0.25) is 0 Å². The van der Waals surface area contributed by atoms with Gasteiger partial charge in [0.1, 0.15) is 11.6 Å². The highest BCUT2D eigenvalue weighted by Gasteiger charge is 2.45. The van der Waals surface area contributed by atoms with Crippen molar-refractivity contribution in [3.8, 4) is 0 Å². The Bertz CT molecular complexity index is 1180. The van der Waals surface area contributed by atoms with Crippen molar-refractivity contribution in [3.63, 3.8) is 0 Å². The van der Waals surface area contributed by atoms with Crippen molar-refractivity contribution in [2.24, 2.45) is 0 Å². The third-order valence-corrected chi connectivity index (χ3v) is 8.29. The van der Waals surface area contributed by atoms with Crippen LogP contribution in [0.1, 0.15) is 57.4 Å². The van der Waals surface area contributed by atoms with E-state index in [0.29, 0.717) is 31.3 Å². The van der Waals surface area contributed by atoms with Crippen LogP contribution in [0.5, 0.6) is 0 Å². The van der Waals surface area contributed by atoms with E-state index >= 15 is 0 Å². The second-order valence-corrected chi connectivity index (χ2v) is 12.3. The summed E-state index contributed by atoms with van der Waals surface area (Å²) in [6.07, 6.45) is 5.14. The average molecular weight is 545 g/mol. The third-order valence-electron chi connectivity index (χ3n) is 7.33. The number of nitrogens with zero attached hydrogens (tertiary/aromatic N) is 6. The minimum Gasteiger partial charge on any atom is -0.444 e. The van der Waals surface area contributed by atoms with Crippen LogP contribution >= 0.6 is 11.8 Å². The molecular formula is C26H36N6O5S. The first kappa shape index (κ1) is 26.7. The summed E-state index contributed by atoms with van der Waals surface area (Å²) in [5, 5.41) is 4.47. The molecule has 0 spiro atoms. The minimum atomic E-state index is -0.630. The van der Waals surface area contributed by atoms with Gasteiger partial charge in [0.25, 0.3) is 0 Å². The molecule has 5 rings (SSSR count). The van der Waals surface area contributed by atoms with Gasteiger partial charge in [-0.2, -0.15) is 4.68 Å². The first-order valence-electron chi connectivity index (χ1n) is 13.2. The highest BCUT2D eigenvalue weighted by molar-refractivity contribution is 7.99. The van der Waals surface area contributed by atoms with Crippen LogP contribution in [0.15, 0.2) is 33.7 Å². The number of hydrogen-bond donors (Lipinski definition) is 0. The zero-order chi connectivity index (χ0) is 26.9. The Morgan fingerprint density at radius 1 is 1.21 bits per heavy atom. The van der Waals surface area contributed by atoms with E-state index in [-0.39, 0.29) is 17.9 Å². The molecule has 3 fully saturated rings. The number of hydrogen-bond acceptors (Lipinski definition) is 9. The molecule has 0 saturated carbocycles. The van der Waals surface area contributed by atoms with Gasteiger partial charge in [0.05, 0.1) is 12.4 Å². The maximum atomic E-state index is 13.3. The molecule has 2 aromatic heterocycles. The van der Waals surface area contributed by atoms with E-state index in [9.17, 15) is 14.4 Å². The molecule has 12 heteroatoms. The quantitative estimate of drug-likeness (QED) is 0.560. The van der Waals surface area contributed by atoms with Gasteiger partial charge in [0.15, 0.2) is 0 Å². The summed E-state index contributed by atoms with van der Waals surface area (Å²) in [6, 6.07) is 3.29. The fourth-order valence-corrected chi connectivity index (χ4v) is 6.35. The molecule has 11 nitrogen and oxygen atoms in total. The van der Waals surface area contributed by atoms with Gasteiger partial charge in [-0.1, -0.05) is 6.07 Å². The zero-order valence-corrected chi connectivity index (χ0v) is 23.1. The molecule has 0 unspecified atom stereocenters. The SMILES string of the molecule is CC(C)(C)OC(=O)N1C[C@@H](N2CCC(c3nn(Cc4cccnc4)c(=O)o3)CC2)C[C@H]1C(=O)N1CCSC1. The van der Waals surface area contributed by atoms with Gasteiger partial charge >= 0.3 is 11.8 Å². The molecule has 0 radical (unpaired) electrons. The molecular weight excluding hydrogens is 508 g/mol. The van der Waals surface area contributed by atoms with Crippen molar-refractivity contribution in [1.82, 2.24) is 29.5 Å². The Hall–Kier alpha value is -2.86. The molecule has 0 N–H and O–H groups in total. The fourth-order valence-electron chi connectivity index (χ4n) is 5.40. The van der Waals surface area contributed by atoms with E-state index in [1.165, 1.54) is 4.68 Å². The van der Waals surface area contributed by atoms with Crippen molar-refractivity contribution in [2.45, 2.75) is 70.2 Å². The molecule has 2 amide bonds. The number of rotatable bonds is 5. The number of carbonyl (C=O) groups is 2. The number of ether oxygens (including phenoxy) is 1. The number of piperidine rings is 1. The maximum Gasteiger partial charge on any atom is 0.437 e. The van der Waals surface area contributed by atoms with Crippen molar-refractivity contribution >= 4 is 23.8 Å². The topological polar surface area (TPSA) is 114 Å². The van der Waals surface area contributed by atoms with Crippen LogP contribution in [0.4, 0.5) is 4.79 Å². The summed E-state index contributed by atoms with van der Waals surface area (Å²) < 4.78 is 12.5. The lowest BCUT2D eigenvalue weighted by atomic mass is 9.95. The molecule has 3 saturated heterocycles. The van der Waals surface area contributed by atoms with E-state index in [4.69, 9.17) is 9.15 Å². The first-order valence-corrected chi connectivity index (χ1v) is 14.4. The largest absolute Gasteiger partial charge is 0.444 e. The van der Waals surface area contributed by atoms with Crippen molar-refractivity contribution < 1.29 is 18.7 Å². The Kier molecular flexibility index (Phi) is 7.80. The highest BCUT2D eigenvalue weighted by Crippen LogP contribution is 2.32. The van der Waals surface area contributed by atoms with Gasteiger partial charge in [-0.25, -0.2) is 9.59 Å². The summed E-state index contributed by atoms with van der Waals surface area (Å²) in [4.78, 5) is 48.7. The first-order chi connectivity index (χ1) is 18.2. The molecule has 3 aliphatic heterocycles. The van der Waals surface area contributed by atoms with Gasteiger partial charge in [-0.3, -0.25) is 19.6 Å². The molecule has 5 heterocycles. The predicted molar refractivity (Wildman–Crippen MR) is 142 cm³/mol. The Labute approximate surface area is 226 Å². The molecule has 2 aromatic rings. The lowest BCUT2D eigenvalue weighted by Crippen LogP contribution is -2.48. The summed E-state index contributed by atoms with van der Waals surface area (Å²) in [5.41, 5.74) is 0.256. The Balaban J connectivity index is 1.22. The average Bonchev–Trinajstić information content (AvgIpc) is 3.64. The summed E-state index contributed by atoms with van der Waals surface area (Å²) in [5.74, 6) is 1.68. The maximum absolute atomic E-state index is 13.3. The van der Waals surface area contributed by atoms with E-state index in [1.54, 1.807) is 29.1 Å². The van der Waals surface area contributed by atoms with Gasteiger partial charge in [-0.15, -0.1) is 16.9 Å². The Morgan fingerprint density at radius 3 is 2.66 bits per heavy atom.